The molecule has 0 unspecified atom stereocenters. The molecule has 0 radical (unpaired) electrons. The zero-order valence-electron chi connectivity index (χ0n) is 31.7. The van der Waals surface area contributed by atoms with E-state index >= 15 is 0 Å². The highest BCUT2D eigenvalue weighted by atomic mass is 28.3. The van der Waals surface area contributed by atoms with Gasteiger partial charge in [0.05, 0.1) is 16.1 Å². The lowest BCUT2D eigenvalue weighted by atomic mass is 10.1. The molecule has 0 aliphatic carbocycles. The van der Waals surface area contributed by atoms with Crippen molar-refractivity contribution in [1.82, 2.24) is 0 Å². The van der Waals surface area contributed by atoms with E-state index < -0.39 is 24.2 Å². The lowest BCUT2D eigenvalue weighted by Crippen LogP contribution is -2.59. The molecule has 2 rings (SSSR count). The van der Waals surface area contributed by atoms with Crippen LogP contribution in [0.3, 0.4) is 0 Å². The van der Waals surface area contributed by atoms with Crippen molar-refractivity contribution >= 4 is 45.0 Å². The summed E-state index contributed by atoms with van der Waals surface area (Å²) in [6.45, 7) is 19.6. The quantitative estimate of drug-likeness (QED) is 0.0693. The van der Waals surface area contributed by atoms with Crippen LogP contribution in [0.5, 0.6) is 0 Å². The Morgan fingerprint density at radius 3 is 0.778 bits per heavy atom. The number of hydrogen-bond donors (Lipinski definition) is 0. The molecule has 0 amide bonds. The molecule has 0 aromatic heterocycles. The van der Waals surface area contributed by atoms with E-state index in [0.717, 1.165) is 0 Å². The minimum Gasteiger partial charge on any atom is -0.0656 e. The summed E-state index contributed by atoms with van der Waals surface area (Å²) >= 11 is 0. The Morgan fingerprint density at radius 2 is 0.533 bits per heavy atom. The van der Waals surface area contributed by atoms with Gasteiger partial charge in [0.15, 0.2) is 0 Å². The topological polar surface area (TPSA) is 0 Å². The molecule has 0 fully saturated rings. The Labute approximate surface area is 286 Å². The Balaban J connectivity index is 2.20. The van der Waals surface area contributed by atoms with Crippen LogP contribution in [-0.2, 0) is 0 Å². The average Bonchev–Trinajstić information content (AvgIpc) is 3.01. The first-order valence-corrected chi connectivity index (χ1v) is 29.2. The molecule has 2 aromatic rings. The zero-order chi connectivity index (χ0) is 33.0. The second-order valence-electron chi connectivity index (χ2n) is 16.6. The van der Waals surface area contributed by atoms with Crippen molar-refractivity contribution in [2.45, 2.75) is 194 Å². The van der Waals surface area contributed by atoms with Gasteiger partial charge in [-0.15, -0.1) is 0 Å². The predicted octanol–water partition coefficient (Wildman–Crippen LogP) is 12.2. The maximum absolute atomic E-state index is 2.61. The van der Waals surface area contributed by atoms with Crippen LogP contribution in [0, 0.1) is 0 Å². The molecule has 0 aliphatic heterocycles. The minimum absolute atomic E-state index is 1.31. The molecule has 0 saturated carbocycles. The summed E-state index contributed by atoms with van der Waals surface area (Å²) in [5.41, 5.74) is 0. The van der Waals surface area contributed by atoms with Crippen LogP contribution >= 0.6 is 0 Å². The highest BCUT2D eigenvalue weighted by Crippen LogP contribution is 2.25. The van der Waals surface area contributed by atoms with E-state index in [-0.39, 0.29) is 0 Å². The van der Waals surface area contributed by atoms with Crippen molar-refractivity contribution in [3.63, 3.8) is 0 Å². The molecule has 0 spiro atoms. The van der Waals surface area contributed by atoms with E-state index in [1.165, 1.54) is 141 Å². The molecule has 0 nitrogen and oxygen atoms in total. The van der Waals surface area contributed by atoms with E-state index in [4.69, 9.17) is 0 Å². The summed E-state index contributed by atoms with van der Waals surface area (Å²) in [4.78, 5) is 0. The minimum atomic E-state index is -1.86. The monoisotopic (exact) mass is 665 g/mol. The smallest absolute Gasteiger partial charge is 0.0656 e. The van der Waals surface area contributed by atoms with E-state index in [1.54, 1.807) is 20.7 Å². The van der Waals surface area contributed by atoms with Gasteiger partial charge in [0.2, 0.25) is 0 Å². The Kier molecular flexibility index (Phi) is 19.6. The van der Waals surface area contributed by atoms with Gasteiger partial charge in [0.1, 0.15) is 8.07 Å². The summed E-state index contributed by atoms with van der Waals surface area (Å²) in [5.74, 6) is 0. The van der Waals surface area contributed by atoms with Crippen LogP contribution in [0.15, 0.2) is 48.5 Å². The number of unbranched alkanes of at least 4 members (excludes halogenated alkanes) is 18. The third-order valence-electron chi connectivity index (χ3n) is 10.5. The molecule has 256 valence electrons. The van der Waals surface area contributed by atoms with E-state index in [9.17, 15) is 0 Å². The van der Waals surface area contributed by atoms with Crippen LogP contribution in [0.4, 0.5) is 0 Å². The Morgan fingerprint density at radius 1 is 0.311 bits per heavy atom. The van der Waals surface area contributed by atoms with Crippen molar-refractivity contribution in [2.24, 2.45) is 0 Å². The third kappa shape index (κ3) is 15.2. The van der Waals surface area contributed by atoms with Crippen molar-refractivity contribution in [2.75, 3.05) is 0 Å². The maximum Gasteiger partial charge on any atom is 0.118 e. The highest BCUT2D eigenvalue weighted by molar-refractivity contribution is 7.02. The van der Waals surface area contributed by atoms with Gasteiger partial charge >= 0.3 is 0 Å². The number of benzene rings is 2. The summed E-state index contributed by atoms with van der Waals surface area (Å²) < 4.78 is 0. The molecule has 0 heterocycles. The first kappa shape index (κ1) is 40.3. The van der Waals surface area contributed by atoms with Crippen molar-refractivity contribution in [3.05, 3.63) is 48.5 Å². The fourth-order valence-corrected chi connectivity index (χ4v) is 14.7. The van der Waals surface area contributed by atoms with Crippen LogP contribution in [0.25, 0.3) is 0 Å². The fraction of sp³-hybridized carbons (Fsp3) is 0.714. The normalized spacial score (nSPS) is 12.6. The fourth-order valence-electron chi connectivity index (χ4n) is 7.28. The Bertz CT molecular complexity index is 911. The lowest BCUT2D eigenvalue weighted by Gasteiger charge is -2.35. The van der Waals surface area contributed by atoms with E-state index in [1.807, 2.05) is 0 Å². The second-order valence-corrected chi connectivity index (χ2v) is 31.1. The van der Waals surface area contributed by atoms with Gasteiger partial charge in [-0.25, -0.2) is 0 Å². The molecule has 0 N–H and O–H groups in total. The van der Waals surface area contributed by atoms with E-state index in [2.05, 4.69) is 102 Å². The van der Waals surface area contributed by atoms with Crippen LogP contribution < -0.4 is 20.7 Å². The summed E-state index contributed by atoms with van der Waals surface area (Å²) in [5, 5.41) is 6.66. The van der Waals surface area contributed by atoms with Crippen molar-refractivity contribution in [1.29, 1.82) is 0 Å². The molecule has 0 bridgehead atoms. The van der Waals surface area contributed by atoms with Crippen LogP contribution in [-0.4, -0.2) is 24.2 Å². The lowest BCUT2D eigenvalue weighted by molar-refractivity contribution is 0.559. The molecular weight excluding hydrogens is 589 g/mol. The van der Waals surface area contributed by atoms with Crippen molar-refractivity contribution in [3.8, 4) is 0 Å². The van der Waals surface area contributed by atoms with E-state index in [0.29, 0.717) is 0 Å². The van der Waals surface area contributed by atoms with Gasteiger partial charge in [0, 0.05) is 0 Å². The third-order valence-corrected chi connectivity index (χ3v) is 19.9. The highest BCUT2D eigenvalue weighted by Gasteiger charge is 2.36. The molecule has 0 atom stereocenters. The molecular formula is C42H76Si3. The first-order valence-electron chi connectivity index (χ1n) is 19.8. The van der Waals surface area contributed by atoms with Gasteiger partial charge in [-0.2, -0.15) is 0 Å². The summed E-state index contributed by atoms with van der Waals surface area (Å²) in [6.07, 6.45) is 28.5. The number of rotatable bonds is 26. The van der Waals surface area contributed by atoms with Crippen LogP contribution in [0.1, 0.15) is 142 Å². The summed E-state index contributed by atoms with van der Waals surface area (Å²) in [6, 6.07) is 23.5. The SMILES string of the molecule is CCCCCCCCCCCC[Si](CCCCCCCCCCCC)(c1ccc([Si](C)(C)C)cc1)c1ccc([Si](C)(C)C)cc1. The molecule has 45 heavy (non-hydrogen) atoms. The largest absolute Gasteiger partial charge is 0.118 e. The average molecular weight is 665 g/mol. The Hall–Kier alpha value is -0.909. The number of hydrogen-bond acceptors (Lipinski definition) is 0. The standard InChI is InChI=1S/C42H76Si3/c1-9-11-13-15-17-19-21-23-25-27-37-45(41-33-29-39(30-34-41)43(3,4)5,42-35-31-40(32-36-42)44(6,7)8)38-28-26-24-22-20-18-16-14-12-10-2/h29-36H,9-28,37-38H2,1-8H3. The molecule has 0 aliphatic rings. The summed E-state index contributed by atoms with van der Waals surface area (Å²) in [7, 11) is -4.49. The molecule has 3 heteroatoms. The van der Waals surface area contributed by atoms with Crippen LogP contribution in [0.2, 0.25) is 51.4 Å². The first-order chi connectivity index (χ1) is 21.5. The molecule has 0 saturated heterocycles. The second kappa shape index (κ2) is 21.9. The van der Waals surface area contributed by atoms with Gasteiger partial charge < -0.3 is 0 Å². The zero-order valence-corrected chi connectivity index (χ0v) is 34.7. The van der Waals surface area contributed by atoms with Gasteiger partial charge in [0.25, 0.3) is 0 Å². The van der Waals surface area contributed by atoms with Gasteiger partial charge in [-0.05, 0) is 12.1 Å². The van der Waals surface area contributed by atoms with Gasteiger partial charge in [-0.3, -0.25) is 0 Å². The predicted molar refractivity (Wildman–Crippen MR) is 217 cm³/mol. The van der Waals surface area contributed by atoms with Gasteiger partial charge in [-0.1, -0.05) is 251 Å². The van der Waals surface area contributed by atoms with Crippen molar-refractivity contribution < 1.29 is 0 Å². The maximum atomic E-state index is 2.61. The molecule has 2 aromatic carbocycles.